The summed E-state index contributed by atoms with van der Waals surface area (Å²) in [6.07, 6.45) is 6.79. The van der Waals surface area contributed by atoms with Crippen LogP contribution in [0.15, 0.2) is 24.3 Å². The number of carboxylic acid groups (broad SMARTS) is 1. The fourth-order valence-corrected chi connectivity index (χ4v) is 6.64. The molecular formula is C31H46N6O4. The van der Waals surface area contributed by atoms with Gasteiger partial charge in [-0.05, 0) is 88.9 Å². The van der Waals surface area contributed by atoms with Crippen molar-refractivity contribution in [2.45, 2.75) is 90.3 Å². The largest absolute Gasteiger partial charge is 0.481 e. The number of rotatable bonds is 13. The van der Waals surface area contributed by atoms with Crippen LogP contribution in [0.3, 0.4) is 0 Å². The lowest BCUT2D eigenvalue weighted by Crippen LogP contribution is -2.51. The van der Waals surface area contributed by atoms with Crippen LogP contribution in [0, 0.1) is 5.41 Å². The number of carbonyl (C=O) groups is 3. The van der Waals surface area contributed by atoms with Crippen molar-refractivity contribution in [2.24, 2.45) is 5.73 Å². The molecule has 224 valence electrons. The van der Waals surface area contributed by atoms with E-state index in [1.165, 1.54) is 5.69 Å². The van der Waals surface area contributed by atoms with E-state index in [1.54, 1.807) is 4.90 Å². The Morgan fingerprint density at radius 1 is 1.12 bits per heavy atom. The summed E-state index contributed by atoms with van der Waals surface area (Å²) in [5.41, 5.74) is 8.74. The lowest BCUT2D eigenvalue weighted by atomic mass is 10.1. The molecule has 0 spiro atoms. The van der Waals surface area contributed by atoms with Crippen molar-refractivity contribution in [1.29, 1.82) is 5.41 Å². The van der Waals surface area contributed by atoms with Crippen molar-refractivity contribution in [1.82, 2.24) is 19.3 Å². The minimum atomic E-state index is -0.820. The minimum Gasteiger partial charge on any atom is -0.481 e. The van der Waals surface area contributed by atoms with Gasteiger partial charge in [-0.15, -0.1) is 0 Å². The summed E-state index contributed by atoms with van der Waals surface area (Å²) in [6.45, 7) is 7.61. The lowest BCUT2D eigenvalue weighted by Gasteiger charge is -2.33. The number of hydrogen-bond donors (Lipinski definition) is 3. The molecule has 10 nitrogen and oxygen atoms in total. The number of amides is 2. The summed E-state index contributed by atoms with van der Waals surface area (Å²) in [6, 6.07) is 7.95. The Hall–Kier alpha value is -3.40. The third-order valence-electron chi connectivity index (χ3n) is 8.81. The molecule has 0 aliphatic carbocycles. The molecule has 2 saturated heterocycles. The number of amidine groups is 1. The summed E-state index contributed by atoms with van der Waals surface area (Å²) < 4.78 is 2.27. The summed E-state index contributed by atoms with van der Waals surface area (Å²) >= 11 is 0. The van der Waals surface area contributed by atoms with E-state index in [-0.39, 0.29) is 42.7 Å². The average Bonchev–Trinajstić information content (AvgIpc) is 3.52. The second-order valence-corrected chi connectivity index (χ2v) is 11.4. The van der Waals surface area contributed by atoms with Crippen LogP contribution in [0.2, 0.25) is 0 Å². The molecule has 2 aliphatic heterocycles. The van der Waals surface area contributed by atoms with Crippen LogP contribution in [-0.4, -0.2) is 92.8 Å². The molecule has 1 aromatic carbocycles. The molecule has 0 radical (unpaired) electrons. The van der Waals surface area contributed by atoms with Crippen molar-refractivity contribution in [2.75, 3.05) is 32.7 Å². The normalized spacial score (nSPS) is 19.7. The number of aromatic nitrogens is 1. The van der Waals surface area contributed by atoms with Gasteiger partial charge in [-0.2, -0.15) is 0 Å². The monoisotopic (exact) mass is 566 g/mol. The molecule has 41 heavy (non-hydrogen) atoms. The van der Waals surface area contributed by atoms with Gasteiger partial charge >= 0.3 is 5.97 Å². The first-order valence-corrected chi connectivity index (χ1v) is 15.2. The number of fused-ring (bicyclic) bond motifs is 1. The second-order valence-electron chi connectivity index (χ2n) is 11.4. The smallest absolute Gasteiger partial charge is 0.303 e. The summed E-state index contributed by atoms with van der Waals surface area (Å²) in [4.78, 5) is 43.9. The van der Waals surface area contributed by atoms with Gasteiger partial charge in [0.2, 0.25) is 11.8 Å². The highest BCUT2D eigenvalue weighted by molar-refractivity contribution is 5.98. The van der Waals surface area contributed by atoms with E-state index in [1.807, 2.05) is 30.0 Å². The van der Waals surface area contributed by atoms with Gasteiger partial charge in [0.25, 0.3) is 0 Å². The van der Waals surface area contributed by atoms with E-state index < -0.39 is 5.97 Å². The van der Waals surface area contributed by atoms with Crippen LogP contribution in [0.25, 0.3) is 10.9 Å². The number of carbonyl (C=O) groups excluding carboxylic acids is 2. The number of likely N-dealkylation sites (N-methyl/N-ethyl adjacent to an activating group) is 1. The molecule has 2 fully saturated rings. The zero-order chi connectivity index (χ0) is 29.5. The van der Waals surface area contributed by atoms with Crippen molar-refractivity contribution >= 4 is 34.5 Å². The van der Waals surface area contributed by atoms with Gasteiger partial charge in [0.15, 0.2) is 0 Å². The number of benzene rings is 1. The molecule has 2 aliphatic rings. The predicted molar refractivity (Wildman–Crippen MR) is 160 cm³/mol. The number of nitrogens with two attached hydrogens (primary N) is 1. The van der Waals surface area contributed by atoms with Crippen molar-refractivity contribution < 1.29 is 19.5 Å². The summed E-state index contributed by atoms with van der Waals surface area (Å²) in [5.74, 6) is -0.732. The standard InChI is InChI=1S/C31H46N6O4/c1-3-34(17-8-11-29(39)40)26-10-5-6-16-35(31(26)41)21-28(38)37-18-7-9-24(37)14-15-25-19-22-12-13-23(30(32)33)20-27(22)36(25)4-2/h12-13,19-20,24,26H,3-11,14-18,21H2,1-2H3,(H3,32,33)(H,39,40)/t24-,26-/m0/s1. The molecule has 0 unspecified atom stereocenters. The van der Waals surface area contributed by atoms with Crippen LogP contribution < -0.4 is 5.73 Å². The molecule has 1 aromatic heterocycles. The number of aliphatic carboxylic acids is 1. The number of likely N-dealkylation sites (tertiary alicyclic amines) is 2. The van der Waals surface area contributed by atoms with Gasteiger partial charge in [0.1, 0.15) is 5.84 Å². The number of nitrogen functional groups attached to an aromatic ring is 1. The van der Waals surface area contributed by atoms with Crippen LogP contribution in [0.5, 0.6) is 0 Å². The average molecular weight is 567 g/mol. The number of aryl methyl sites for hydroxylation is 2. The predicted octanol–water partition coefficient (Wildman–Crippen LogP) is 3.44. The third-order valence-corrected chi connectivity index (χ3v) is 8.81. The maximum Gasteiger partial charge on any atom is 0.303 e. The molecule has 3 heterocycles. The first kappa shape index (κ1) is 30.6. The van der Waals surface area contributed by atoms with Gasteiger partial charge in [-0.3, -0.25) is 24.7 Å². The van der Waals surface area contributed by atoms with E-state index in [0.29, 0.717) is 26.1 Å². The van der Waals surface area contributed by atoms with Crippen LogP contribution in [0.1, 0.15) is 76.5 Å². The molecule has 2 amide bonds. The van der Waals surface area contributed by atoms with Gasteiger partial charge in [-0.1, -0.05) is 19.1 Å². The molecule has 10 heteroatoms. The van der Waals surface area contributed by atoms with E-state index >= 15 is 0 Å². The number of carboxylic acids is 1. The van der Waals surface area contributed by atoms with Crippen molar-refractivity contribution in [3.05, 3.63) is 35.5 Å². The zero-order valence-corrected chi connectivity index (χ0v) is 24.6. The summed E-state index contributed by atoms with van der Waals surface area (Å²) in [5, 5.41) is 17.9. The second kappa shape index (κ2) is 14.0. The first-order chi connectivity index (χ1) is 19.7. The highest BCUT2D eigenvalue weighted by Crippen LogP contribution is 2.27. The highest BCUT2D eigenvalue weighted by atomic mass is 16.4. The Kier molecular flexibility index (Phi) is 10.4. The van der Waals surface area contributed by atoms with E-state index in [2.05, 4.69) is 22.5 Å². The van der Waals surface area contributed by atoms with Gasteiger partial charge in [-0.25, -0.2) is 0 Å². The molecule has 0 saturated carbocycles. The van der Waals surface area contributed by atoms with Crippen LogP contribution in [0.4, 0.5) is 0 Å². The maximum absolute atomic E-state index is 13.6. The molecule has 4 rings (SSSR count). The van der Waals surface area contributed by atoms with Crippen molar-refractivity contribution in [3.63, 3.8) is 0 Å². The van der Waals surface area contributed by atoms with Gasteiger partial charge < -0.3 is 25.2 Å². The topological polar surface area (TPSA) is 136 Å². The highest BCUT2D eigenvalue weighted by Gasteiger charge is 2.35. The molecule has 2 atom stereocenters. The number of nitrogens with one attached hydrogen (secondary N) is 1. The van der Waals surface area contributed by atoms with E-state index in [4.69, 9.17) is 16.2 Å². The van der Waals surface area contributed by atoms with E-state index in [0.717, 1.165) is 74.5 Å². The van der Waals surface area contributed by atoms with Gasteiger partial charge in [0, 0.05) is 48.9 Å². The fraction of sp³-hybridized carbons (Fsp3) is 0.613. The van der Waals surface area contributed by atoms with E-state index in [9.17, 15) is 14.4 Å². The number of nitrogens with zero attached hydrogens (tertiary/aromatic N) is 4. The van der Waals surface area contributed by atoms with Crippen molar-refractivity contribution in [3.8, 4) is 0 Å². The Labute approximate surface area is 242 Å². The SMILES string of the molecule is CCN(CCCC(=O)O)[C@H]1CCCCN(CC(=O)N2CCC[C@H]2CCc2cc3ccc(C(=N)N)cc3n2CC)C1=O. The molecule has 4 N–H and O–H groups in total. The Balaban J connectivity index is 1.39. The quantitative estimate of drug-likeness (QED) is 0.251. The van der Waals surface area contributed by atoms with Gasteiger partial charge in [0.05, 0.1) is 12.6 Å². The third kappa shape index (κ3) is 7.28. The first-order valence-electron chi connectivity index (χ1n) is 15.2. The Bertz CT molecular complexity index is 1260. The fourth-order valence-electron chi connectivity index (χ4n) is 6.64. The Morgan fingerprint density at radius 3 is 2.63 bits per heavy atom. The molecule has 0 bridgehead atoms. The summed E-state index contributed by atoms with van der Waals surface area (Å²) in [7, 11) is 0. The molecular weight excluding hydrogens is 520 g/mol. The lowest BCUT2D eigenvalue weighted by molar-refractivity contribution is -0.144. The number of hydrogen-bond acceptors (Lipinski definition) is 5. The minimum absolute atomic E-state index is 0.00108. The maximum atomic E-state index is 13.6. The Morgan fingerprint density at radius 2 is 1.93 bits per heavy atom. The zero-order valence-electron chi connectivity index (χ0n) is 24.6. The molecule has 2 aromatic rings. The van der Waals surface area contributed by atoms with Crippen LogP contribution >= 0.6 is 0 Å². The van der Waals surface area contributed by atoms with Crippen LogP contribution in [-0.2, 0) is 27.3 Å².